The summed E-state index contributed by atoms with van der Waals surface area (Å²) in [5, 5.41) is 16.6. The first kappa shape index (κ1) is 25.2. The summed E-state index contributed by atoms with van der Waals surface area (Å²) in [7, 11) is 0. The van der Waals surface area contributed by atoms with Crippen molar-refractivity contribution in [1.82, 2.24) is 25.3 Å². The van der Waals surface area contributed by atoms with Gasteiger partial charge in [-0.1, -0.05) is 37.9 Å². The van der Waals surface area contributed by atoms with E-state index in [2.05, 4.69) is 27.4 Å². The lowest BCUT2D eigenvalue weighted by molar-refractivity contribution is -0.00190. The van der Waals surface area contributed by atoms with Crippen molar-refractivity contribution >= 4 is 23.0 Å². The fourth-order valence-electron chi connectivity index (χ4n) is 5.52. The molecule has 2 amide bonds. The number of hydrogen-bond donors (Lipinski definition) is 3. The molecule has 3 N–H and O–H groups in total. The Balaban J connectivity index is 1.50. The number of aromatic nitrogens is 3. The smallest absolute Gasteiger partial charge is 0.407 e. The van der Waals surface area contributed by atoms with Crippen molar-refractivity contribution in [3.8, 4) is 0 Å². The van der Waals surface area contributed by atoms with E-state index in [4.69, 9.17) is 9.26 Å². The molecule has 0 bridgehead atoms. The van der Waals surface area contributed by atoms with E-state index in [-0.39, 0.29) is 42.7 Å². The van der Waals surface area contributed by atoms with Gasteiger partial charge in [0.25, 0.3) is 5.91 Å². The van der Waals surface area contributed by atoms with E-state index >= 15 is 4.39 Å². The largest absolute Gasteiger partial charge is 0.465 e. The molecule has 10 nitrogen and oxygen atoms in total. The Kier molecular flexibility index (Phi) is 7.14. The molecule has 3 aromatic rings. The van der Waals surface area contributed by atoms with E-state index in [1.807, 2.05) is 6.92 Å². The number of aromatic amines is 1. The molecule has 2 aliphatic rings. The van der Waals surface area contributed by atoms with Crippen LogP contribution < -0.4 is 5.32 Å². The molecule has 11 heteroatoms. The van der Waals surface area contributed by atoms with Crippen LogP contribution in [0.2, 0.25) is 0 Å². The number of carboxylic acid groups (broad SMARTS) is 1. The maximum absolute atomic E-state index is 15.8. The number of H-pyrrole nitrogens is 1. The van der Waals surface area contributed by atoms with Crippen LogP contribution in [0, 0.1) is 17.7 Å². The molecule has 2 atom stereocenters. The zero-order valence-electron chi connectivity index (χ0n) is 21.0. The lowest BCUT2D eigenvalue weighted by atomic mass is 9.79. The Labute approximate surface area is 213 Å². The first-order valence-electron chi connectivity index (χ1n) is 12.9. The second-order valence-corrected chi connectivity index (χ2v) is 10.1. The topological polar surface area (TPSA) is 134 Å². The van der Waals surface area contributed by atoms with E-state index in [1.165, 1.54) is 11.2 Å². The molecule has 1 aliphatic carbocycles. The number of fused-ring (bicyclic) bond motifs is 1. The number of hydrogen-bond acceptors (Lipinski definition) is 6. The molecule has 2 aromatic heterocycles. The molecule has 2 fully saturated rings. The number of nitrogens with zero attached hydrogens (tertiary/aromatic N) is 3. The SMILES string of the molecule is CCc1nocc1C(=O)N[C@H](c1nc2c(F)c(C3COCCN3C(=O)O)ccc2[nH]1)C1CCC(C)CC1. The van der Waals surface area contributed by atoms with E-state index in [0.29, 0.717) is 34.9 Å². The fraction of sp³-hybridized carbons (Fsp3) is 0.538. The first-order valence-corrected chi connectivity index (χ1v) is 12.9. The maximum atomic E-state index is 15.8. The maximum Gasteiger partial charge on any atom is 0.407 e. The van der Waals surface area contributed by atoms with Gasteiger partial charge in [0.05, 0.1) is 36.5 Å². The summed E-state index contributed by atoms with van der Waals surface area (Å²) >= 11 is 0. The van der Waals surface area contributed by atoms with E-state index in [0.717, 1.165) is 25.7 Å². The molecule has 37 heavy (non-hydrogen) atoms. The van der Waals surface area contributed by atoms with Crippen molar-refractivity contribution in [2.24, 2.45) is 11.8 Å². The van der Waals surface area contributed by atoms with Crippen molar-refractivity contribution < 1.29 is 28.3 Å². The van der Waals surface area contributed by atoms with Gasteiger partial charge in [-0.15, -0.1) is 0 Å². The van der Waals surface area contributed by atoms with Gasteiger partial charge in [-0.2, -0.15) is 0 Å². The van der Waals surface area contributed by atoms with Crippen molar-refractivity contribution in [3.63, 3.8) is 0 Å². The highest BCUT2D eigenvalue weighted by Crippen LogP contribution is 2.38. The van der Waals surface area contributed by atoms with Gasteiger partial charge < -0.3 is 24.7 Å². The van der Waals surface area contributed by atoms with E-state index in [9.17, 15) is 14.7 Å². The summed E-state index contributed by atoms with van der Waals surface area (Å²) in [6, 6.07) is 2.07. The Bertz CT molecular complexity index is 1280. The lowest BCUT2D eigenvalue weighted by Gasteiger charge is -2.33. The highest BCUT2D eigenvalue weighted by molar-refractivity contribution is 5.95. The summed E-state index contributed by atoms with van der Waals surface area (Å²) in [4.78, 5) is 34.0. The van der Waals surface area contributed by atoms with Gasteiger partial charge in [0.1, 0.15) is 23.2 Å². The second-order valence-electron chi connectivity index (χ2n) is 10.1. The van der Waals surface area contributed by atoms with Gasteiger partial charge in [0, 0.05) is 12.1 Å². The fourth-order valence-corrected chi connectivity index (χ4v) is 5.52. The number of halogens is 1. The number of carbonyl (C=O) groups excluding carboxylic acids is 1. The third-order valence-electron chi connectivity index (χ3n) is 7.71. The highest BCUT2D eigenvalue weighted by Gasteiger charge is 2.34. The van der Waals surface area contributed by atoms with Crippen LogP contribution >= 0.6 is 0 Å². The number of rotatable bonds is 6. The Morgan fingerprint density at radius 1 is 1.30 bits per heavy atom. The van der Waals surface area contributed by atoms with Crippen LogP contribution in [-0.2, 0) is 11.2 Å². The van der Waals surface area contributed by atoms with Gasteiger partial charge >= 0.3 is 6.09 Å². The molecule has 1 unspecified atom stereocenters. The standard InChI is InChI=1S/C26H32FN5O5/c1-3-18-17(12-37-31-18)25(33)30-22(15-6-4-14(2)5-7-15)24-28-19-9-8-16(21(27)23(19)29-24)20-13-36-11-10-32(20)26(34)35/h8-9,12,14-15,20,22H,3-7,10-11,13H2,1-2H3,(H,28,29)(H,30,33)(H,34,35)/t14?,15?,20?,22-/m0/s1. The van der Waals surface area contributed by atoms with Crippen LogP contribution in [0.1, 0.15) is 79.1 Å². The van der Waals surface area contributed by atoms with Gasteiger partial charge in [-0.25, -0.2) is 14.2 Å². The van der Waals surface area contributed by atoms with Gasteiger partial charge in [0.2, 0.25) is 0 Å². The van der Waals surface area contributed by atoms with Crippen molar-refractivity contribution in [1.29, 1.82) is 0 Å². The zero-order chi connectivity index (χ0) is 26.1. The highest BCUT2D eigenvalue weighted by atomic mass is 19.1. The van der Waals surface area contributed by atoms with Gasteiger partial charge in [-0.05, 0) is 37.2 Å². The Hall–Kier alpha value is -3.47. The number of benzene rings is 1. The average molecular weight is 514 g/mol. The summed E-state index contributed by atoms with van der Waals surface area (Å²) in [6.45, 7) is 4.63. The van der Waals surface area contributed by atoms with Crippen LogP contribution in [-0.4, -0.2) is 56.9 Å². The molecule has 1 saturated heterocycles. The lowest BCUT2D eigenvalue weighted by Crippen LogP contribution is -2.43. The van der Waals surface area contributed by atoms with Crippen LogP contribution in [0.5, 0.6) is 0 Å². The molecule has 198 valence electrons. The molecular weight excluding hydrogens is 481 g/mol. The van der Waals surface area contributed by atoms with Crippen molar-refractivity contribution in [2.45, 2.75) is 58.0 Å². The van der Waals surface area contributed by atoms with E-state index in [1.54, 1.807) is 12.1 Å². The Morgan fingerprint density at radius 2 is 2.08 bits per heavy atom. The molecule has 1 aromatic carbocycles. The monoisotopic (exact) mass is 513 g/mol. The third-order valence-corrected chi connectivity index (χ3v) is 7.71. The minimum atomic E-state index is -1.12. The number of morpholine rings is 1. The van der Waals surface area contributed by atoms with Crippen LogP contribution in [0.25, 0.3) is 11.0 Å². The van der Waals surface area contributed by atoms with Crippen LogP contribution in [0.3, 0.4) is 0 Å². The molecule has 0 spiro atoms. The van der Waals surface area contributed by atoms with Crippen molar-refractivity contribution in [2.75, 3.05) is 19.8 Å². The van der Waals surface area contributed by atoms with E-state index < -0.39 is 24.0 Å². The molecule has 1 saturated carbocycles. The number of imidazole rings is 1. The number of amides is 2. The average Bonchev–Trinajstić information content (AvgIpc) is 3.56. The minimum Gasteiger partial charge on any atom is -0.465 e. The van der Waals surface area contributed by atoms with Gasteiger partial charge in [-0.3, -0.25) is 9.69 Å². The molecule has 5 rings (SSSR count). The van der Waals surface area contributed by atoms with Crippen LogP contribution in [0.15, 0.2) is 22.9 Å². The summed E-state index contributed by atoms with van der Waals surface area (Å²) < 4.78 is 26.3. The number of nitrogens with one attached hydrogen (secondary N) is 2. The predicted molar refractivity (Wildman–Crippen MR) is 132 cm³/mol. The Morgan fingerprint density at radius 3 is 2.81 bits per heavy atom. The molecule has 0 radical (unpaired) electrons. The molecule has 1 aliphatic heterocycles. The normalized spacial score (nSPS) is 23.2. The zero-order valence-corrected chi connectivity index (χ0v) is 21.0. The van der Waals surface area contributed by atoms with Crippen LogP contribution in [0.4, 0.5) is 9.18 Å². The van der Waals surface area contributed by atoms with Crippen molar-refractivity contribution in [3.05, 3.63) is 46.9 Å². The second kappa shape index (κ2) is 10.5. The minimum absolute atomic E-state index is 0.0729. The molecular formula is C26H32FN5O5. The number of carbonyl (C=O) groups is 2. The predicted octanol–water partition coefficient (Wildman–Crippen LogP) is 4.60. The summed E-state index contributed by atoms with van der Waals surface area (Å²) in [6.07, 6.45) is 4.68. The number of ether oxygens (including phenoxy) is 1. The summed E-state index contributed by atoms with van der Waals surface area (Å²) in [5.41, 5.74) is 1.78. The quantitative estimate of drug-likeness (QED) is 0.439. The molecule has 3 heterocycles. The first-order chi connectivity index (χ1) is 17.9. The summed E-state index contributed by atoms with van der Waals surface area (Å²) in [5.74, 6) is 0.324. The number of aryl methyl sites for hydroxylation is 1. The van der Waals surface area contributed by atoms with Gasteiger partial charge in [0.15, 0.2) is 5.82 Å². The third kappa shape index (κ3) is 4.92.